The van der Waals surface area contributed by atoms with Crippen molar-refractivity contribution in [2.24, 2.45) is 52.3 Å². The first kappa shape index (κ1) is 35.9. The first-order valence-corrected chi connectivity index (χ1v) is 19.0. The van der Waals surface area contributed by atoms with Crippen molar-refractivity contribution in [2.75, 3.05) is 40.9 Å². The lowest BCUT2D eigenvalue weighted by atomic mass is 9.47. The smallest absolute Gasteiger partial charge is 0.460 e. The van der Waals surface area contributed by atoms with Crippen LogP contribution >= 0.6 is 7.82 Å². The Morgan fingerprint density at radius 3 is 2.45 bits per heavy atom. The number of carbonyl (C=O) groups excluding carboxylic acids is 1. The molecule has 4 aliphatic rings. The summed E-state index contributed by atoms with van der Waals surface area (Å²) in [6.45, 7) is 14.6. The van der Waals surface area contributed by atoms with Crippen LogP contribution in [0, 0.1) is 52.3 Å². The predicted molar refractivity (Wildman–Crippen MR) is 177 cm³/mol. The zero-order valence-electron chi connectivity index (χ0n) is 29.2. The Morgan fingerprint density at radius 1 is 1.07 bits per heavy atom. The van der Waals surface area contributed by atoms with Crippen LogP contribution in [0.15, 0.2) is 23.8 Å². The van der Waals surface area contributed by atoms with Crippen molar-refractivity contribution in [3.05, 3.63) is 23.8 Å². The number of ether oxygens (including phenoxy) is 1. The summed E-state index contributed by atoms with van der Waals surface area (Å²) < 4.78 is 28.5. The van der Waals surface area contributed by atoms with E-state index in [1.165, 1.54) is 37.7 Å². The monoisotopic (exact) mass is 636 g/mol. The van der Waals surface area contributed by atoms with Crippen LogP contribution in [0.4, 0.5) is 0 Å². The van der Waals surface area contributed by atoms with Gasteiger partial charge in [-0.2, -0.15) is 0 Å². The van der Waals surface area contributed by atoms with Crippen LogP contribution in [0.5, 0.6) is 0 Å². The molecule has 0 aromatic heterocycles. The van der Waals surface area contributed by atoms with Crippen molar-refractivity contribution in [3.8, 4) is 0 Å². The van der Waals surface area contributed by atoms with E-state index in [0.29, 0.717) is 40.1 Å². The molecular formula is C36H63NO6P+. The molecular weight excluding hydrogens is 573 g/mol. The maximum absolute atomic E-state index is 12.6. The van der Waals surface area contributed by atoms with Gasteiger partial charge in [0.1, 0.15) is 19.3 Å². The number of rotatable bonds is 13. The molecule has 4 unspecified atom stereocenters. The molecule has 0 spiro atoms. The molecule has 7 nitrogen and oxygen atoms in total. The summed E-state index contributed by atoms with van der Waals surface area (Å²) in [5.41, 5.74) is 2.04. The number of nitrogens with zero attached hydrogens (tertiary/aromatic N) is 1. The standard InChI is InChI=1S/C36H62NO6P/c1-10-27(25(2)3)12-11-26(4)31-15-16-32-30-14-13-28-23-29(17-19-35(28,5)33(30)18-20-36(31,32)6)43-34(38)24-42-44(39,40)41-22-21-37(7,8)9/h11-13,25-27,29-33H,10,14-24H2,1-9H3/p+1/t26-,27-,29+,30?,31-,32?,33?,35+,36-/m1/s1. The number of likely N-dealkylation sites (N-methyl/N-ethyl adjacent to an activating group) is 1. The summed E-state index contributed by atoms with van der Waals surface area (Å²) in [5, 5.41) is 0. The maximum atomic E-state index is 12.6. The molecule has 8 heteroatoms. The third-order valence-corrected chi connectivity index (χ3v) is 13.4. The summed E-state index contributed by atoms with van der Waals surface area (Å²) in [6.07, 6.45) is 17.6. The molecule has 0 radical (unpaired) electrons. The molecule has 3 saturated carbocycles. The van der Waals surface area contributed by atoms with Crippen molar-refractivity contribution in [3.63, 3.8) is 0 Å². The van der Waals surface area contributed by atoms with E-state index in [4.69, 9.17) is 13.8 Å². The minimum atomic E-state index is -4.30. The summed E-state index contributed by atoms with van der Waals surface area (Å²) in [7, 11) is 1.59. The Hall–Kier alpha value is -0.980. The second-order valence-electron chi connectivity index (χ2n) is 16.5. The minimum Gasteiger partial charge on any atom is -0.460 e. The van der Waals surface area contributed by atoms with E-state index in [9.17, 15) is 14.3 Å². The van der Waals surface area contributed by atoms with Crippen molar-refractivity contribution >= 4 is 13.8 Å². The Labute approximate surface area is 268 Å². The van der Waals surface area contributed by atoms with Gasteiger partial charge in [0, 0.05) is 6.42 Å². The molecule has 0 saturated heterocycles. The lowest BCUT2D eigenvalue weighted by molar-refractivity contribution is -0.870. The number of esters is 1. The van der Waals surface area contributed by atoms with Crippen molar-refractivity contribution < 1.29 is 32.5 Å². The summed E-state index contributed by atoms with van der Waals surface area (Å²) >= 11 is 0. The van der Waals surface area contributed by atoms with E-state index in [2.05, 4.69) is 59.8 Å². The average molecular weight is 637 g/mol. The molecule has 252 valence electrons. The minimum absolute atomic E-state index is 0.0677. The molecule has 4 rings (SSSR count). The third-order valence-electron chi connectivity index (χ3n) is 12.4. The zero-order valence-corrected chi connectivity index (χ0v) is 30.1. The molecule has 0 aromatic rings. The number of carbonyl (C=O) groups is 1. The van der Waals surface area contributed by atoms with Gasteiger partial charge in [-0.1, -0.05) is 65.3 Å². The van der Waals surface area contributed by atoms with Gasteiger partial charge in [-0.25, -0.2) is 9.36 Å². The quantitative estimate of drug-likeness (QED) is 0.0950. The summed E-state index contributed by atoms with van der Waals surface area (Å²) in [6, 6.07) is 0. The summed E-state index contributed by atoms with van der Waals surface area (Å²) in [4.78, 5) is 22.5. The topological polar surface area (TPSA) is 82.1 Å². The molecule has 10 atom stereocenters. The van der Waals surface area contributed by atoms with Gasteiger partial charge in [0.15, 0.2) is 6.61 Å². The van der Waals surface area contributed by atoms with Crippen molar-refractivity contribution in [2.45, 2.75) is 105 Å². The van der Waals surface area contributed by atoms with E-state index in [1.807, 2.05) is 21.1 Å². The van der Waals surface area contributed by atoms with Gasteiger partial charge < -0.3 is 14.1 Å². The molecule has 0 aromatic carbocycles. The van der Waals surface area contributed by atoms with Gasteiger partial charge >= 0.3 is 13.8 Å². The van der Waals surface area contributed by atoms with Gasteiger partial charge in [0.25, 0.3) is 0 Å². The SMILES string of the molecule is CC[C@H](C=C[C@@H](C)[C@H]1CCC2C3CC=C4C[C@@H](OC(=O)COP(=O)(O)OCC[N+](C)(C)C)CC[C@]4(C)C3CC[C@@]21C)C(C)C. The Bertz CT molecular complexity index is 1110. The highest BCUT2D eigenvalue weighted by Gasteiger charge is 2.59. The van der Waals surface area contributed by atoms with E-state index in [0.717, 1.165) is 43.4 Å². The van der Waals surface area contributed by atoms with Crippen LogP contribution in [-0.2, 0) is 23.1 Å². The first-order chi connectivity index (χ1) is 20.5. The molecule has 44 heavy (non-hydrogen) atoms. The maximum Gasteiger partial charge on any atom is 0.472 e. The fraction of sp³-hybridized carbons (Fsp3) is 0.861. The zero-order chi connectivity index (χ0) is 32.5. The highest BCUT2D eigenvalue weighted by Crippen LogP contribution is 2.67. The number of hydrogen-bond acceptors (Lipinski definition) is 5. The number of allylic oxidation sites excluding steroid dienone is 3. The molecule has 0 heterocycles. The largest absolute Gasteiger partial charge is 0.472 e. The Morgan fingerprint density at radius 2 is 1.80 bits per heavy atom. The fourth-order valence-electron chi connectivity index (χ4n) is 9.74. The lowest BCUT2D eigenvalue weighted by Gasteiger charge is -2.58. The second-order valence-corrected chi connectivity index (χ2v) is 17.9. The first-order valence-electron chi connectivity index (χ1n) is 17.5. The molecule has 1 N–H and O–H groups in total. The van der Waals surface area contributed by atoms with E-state index < -0.39 is 20.4 Å². The van der Waals surface area contributed by atoms with Crippen LogP contribution in [-0.4, -0.2) is 62.4 Å². The van der Waals surface area contributed by atoms with Crippen LogP contribution in [0.25, 0.3) is 0 Å². The highest BCUT2D eigenvalue weighted by molar-refractivity contribution is 7.47. The van der Waals surface area contributed by atoms with Crippen molar-refractivity contribution in [1.29, 1.82) is 0 Å². The lowest BCUT2D eigenvalue weighted by Crippen LogP contribution is -2.51. The van der Waals surface area contributed by atoms with E-state index in [-0.39, 0.29) is 18.1 Å². The van der Waals surface area contributed by atoms with Crippen LogP contribution in [0.3, 0.4) is 0 Å². The van der Waals surface area contributed by atoms with Crippen molar-refractivity contribution in [1.82, 2.24) is 0 Å². The van der Waals surface area contributed by atoms with E-state index >= 15 is 0 Å². The number of phosphoric ester groups is 1. The predicted octanol–water partition coefficient (Wildman–Crippen LogP) is 8.19. The third kappa shape index (κ3) is 8.11. The molecule has 3 fully saturated rings. The molecule has 0 amide bonds. The van der Waals surface area contributed by atoms with Gasteiger partial charge in [0.05, 0.1) is 21.1 Å². The molecule has 0 aliphatic heterocycles. The second kappa shape index (κ2) is 14.0. The number of quaternary nitrogens is 1. The average Bonchev–Trinajstić information content (AvgIpc) is 3.29. The van der Waals surface area contributed by atoms with Crippen LogP contribution < -0.4 is 0 Å². The van der Waals surface area contributed by atoms with Crippen LogP contribution in [0.2, 0.25) is 0 Å². The van der Waals surface area contributed by atoms with Crippen LogP contribution in [0.1, 0.15) is 99.3 Å². The summed E-state index contributed by atoms with van der Waals surface area (Å²) in [5.74, 6) is 4.38. The number of phosphoric acid groups is 1. The van der Waals surface area contributed by atoms with Gasteiger partial charge in [0.2, 0.25) is 0 Å². The number of hydrogen-bond donors (Lipinski definition) is 1. The highest BCUT2D eigenvalue weighted by atomic mass is 31.2. The van der Waals surface area contributed by atoms with Gasteiger partial charge in [-0.15, -0.1) is 0 Å². The molecule has 4 aliphatic carbocycles. The normalized spacial score (nSPS) is 36.6. The van der Waals surface area contributed by atoms with Gasteiger partial charge in [-0.05, 0) is 104 Å². The molecule has 0 bridgehead atoms. The Balaban J connectivity index is 1.33. The van der Waals surface area contributed by atoms with E-state index in [1.54, 1.807) is 0 Å². The van der Waals surface area contributed by atoms with Gasteiger partial charge in [-0.3, -0.25) is 9.05 Å². The fourth-order valence-corrected chi connectivity index (χ4v) is 10.4. The Kier molecular flexibility index (Phi) is 11.4. The number of fused-ring (bicyclic) bond motifs is 5.